The van der Waals surface area contributed by atoms with Crippen LogP contribution in [0.5, 0.6) is 11.5 Å². The van der Waals surface area contributed by atoms with E-state index in [1.54, 1.807) is 12.1 Å². The number of aliphatic carboxylic acids is 1. The molecule has 1 amide bonds. The first kappa shape index (κ1) is 22.4. The maximum absolute atomic E-state index is 11.6. The van der Waals surface area contributed by atoms with E-state index >= 15 is 0 Å². The van der Waals surface area contributed by atoms with Gasteiger partial charge in [0.1, 0.15) is 11.0 Å². The highest BCUT2D eigenvalue weighted by Gasteiger charge is 2.32. The van der Waals surface area contributed by atoms with Crippen molar-refractivity contribution in [3.63, 3.8) is 0 Å². The number of amidine groups is 1. The zero-order valence-electron chi connectivity index (χ0n) is 15.9. The van der Waals surface area contributed by atoms with Gasteiger partial charge in [0.25, 0.3) is 5.69 Å². The number of carboxylic acid groups (broad SMARTS) is 1. The van der Waals surface area contributed by atoms with E-state index in [-0.39, 0.29) is 23.1 Å². The zero-order chi connectivity index (χ0) is 23.3. The van der Waals surface area contributed by atoms with E-state index < -0.39 is 38.3 Å². The lowest BCUT2D eigenvalue weighted by atomic mass is 10.2. The molecule has 1 aliphatic heterocycles. The molecule has 1 fully saturated rings. The third-order valence-corrected chi connectivity index (χ3v) is 5.02. The maximum Gasteiger partial charge on any atom is 0.318 e. The van der Waals surface area contributed by atoms with Gasteiger partial charge in [0.15, 0.2) is 5.17 Å². The smallest absolute Gasteiger partial charge is 0.318 e. The van der Waals surface area contributed by atoms with E-state index in [1.165, 1.54) is 18.3 Å². The van der Waals surface area contributed by atoms with E-state index in [0.29, 0.717) is 5.56 Å². The fraction of sp³-hybridized carbons (Fsp3) is 0.111. The van der Waals surface area contributed by atoms with Gasteiger partial charge in [-0.2, -0.15) is 5.10 Å². The van der Waals surface area contributed by atoms with Gasteiger partial charge < -0.3 is 15.2 Å². The molecule has 0 aromatic heterocycles. The Labute approximate surface area is 183 Å². The van der Waals surface area contributed by atoms with Gasteiger partial charge in [0, 0.05) is 6.07 Å². The second-order valence-electron chi connectivity index (χ2n) is 6.18. The summed E-state index contributed by atoms with van der Waals surface area (Å²) in [6.45, 7) is 0. The maximum atomic E-state index is 11.6. The average molecular weight is 459 g/mol. The minimum atomic E-state index is -1.09. The highest BCUT2D eigenvalue weighted by atomic mass is 32.2. The van der Waals surface area contributed by atoms with Crippen molar-refractivity contribution >= 4 is 46.4 Å². The van der Waals surface area contributed by atoms with Crippen molar-refractivity contribution in [3.8, 4) is 11.5 Å². The molecule has 0 aliphatic carbocycles. The van der Waals surface area contributed by atoms with Crippen LogP contribution >= 0.6 is 11.8 Å². The Bertz CT molecular complexity index is 1150. The number of non-ortho nitro benzene ring substituents is 1. The van der Waals surface area contributed by atoms with Crippen LogP contribution in [-0.4, -0.2) is 43.5 Å². The predicted molar refractivity (Wildman–Crippen MR) is 113 cm³/mol. The average Bonchev–Trinajstić information content (AvgIpc) is 3.07. The summed E-state index contributed by atoms with van der Waals surface area (Å²) in [4.78, 5) is 42.8. The number of nitrogens with zero attached hydrogens (tertiary/aromatic N) is 4. The van der Waals surface area contributed by atoms with Crippen molar-refractivity contribution in [2.24, 2.45) is 10.2 Å². The topological polar surface area (TPSA) is 187 Å². The Morgan fingerprint density at radius 2 is 1.91 bits per heavy atom. The Kier molecular flexibility index (Phi) is 6.74. The summed E-state index contributed by atoms with van der Waals surface area (Å²) < 4.78 is 5.47. The molecule has 0 spiro atoms. The molecule has 2 aromatic carbocycles. The number of rotatable bonds is 8. The lowest BCUT2D eigenvalue weighted by Gasteiger charge is -2.06. The van der Waals surface area contributed by atoms with E-state index in [0.717, 1.165) is 30.0 Å². The monoisotopic (exact) mass is 459 g/mol. The van der Waals surface area contributed by atoms with Crippen LogP contribution in [-0.2, 0) is 9.59 Å². The van der Waals surface area contributed by atoms with Crippen LogP contribution in [0.4, 0.5) is 11.4 Å². The molecule has 1 atom stereocenters. The number of hydrogen-bond acceptors (Lipinski definition) is 10. The number of nitro groups is 2. The van der Waals surface area contributed by atoms with Gasteiger partial charge in [-0.15, -0.1) is 5.10 Å². The van der Waals surface area contributed by atoms with Gasteiger partial charge in [-0.25, -0.2) is 0 Å². The van der Waals surface area contributed by atoms with Crippen LogP contribution < -0.4 is 10.1 Å². The van der Waals surface area contributed by atoms with Crippen LogP contribution in [0.25, 0.3) is 0 Å². The van der Waals surface area contributed by atoms with Crippen LogP contribution in [0.15, 0.2) is 52.7 Å². The van der Waals surface area contributed by atoms with Gasteiger partial charge in [-0.3, -0.25) is 29.8 Å². The number of nitro benzene ring substituents is 2. The van der Waals surface area contributed by atoms with Crippen LogP contribution in [0, 0.1) is 20.2 Å². The molecule has 0 radical (unpaired) electrons. The van der Waals surface area contributed by atoms with Crippen molar-refractivity contribution in [2.75, 3.05) is 0 Å². The van der Waals surface area contributed by atoms with Crippen molar-refractivity contribution in [2.45, 2.75) is 11.7 Å². The molecule has 1 unspecified atom stereocenters. The molecule has 14 heteroatoms. The number of benzene rings is 2. The molecule has 1 aliphatic rings. The molecule has 1 saturated heterocycles. The normalized spacial score (nSPS) is 16.8. The number of carbonyl (C=O) groups excluding carboxylic acids is 1. The highest BCUT2D eigenvalue weighted by Crippen LogP contribution is 2.34. The first-order chi connectivity index (χ1) is 15.2. The molecule has 1 heterocycles. The number of thioether (sulfide) groups is 1. The predicted octanol–water partition coefficient (Wildman–Crippen LogP) is 2.69. The molecular weight excluding hydrogens is 446 g/mol. The Hall–Kier alpha value is -4.33. The van der Waals surface area contributed by atoms with E-state index in [4.69, 9.17) is 9.84 Å². The molecule has 164 valence electrons. The van der Waals surface area contributed by atoms with Gasteiger partial charge in [-0.05, 0) is 35.9 Å². The second-order valence-corrected chi connectivity index (χ2v) is 7.37. The van der Waals surface area contributed by atoms with Crippen molar-refractivity contribution in [3.05, 3.63) is 68.3 Å². The minimum Gasteiger partial charge on any atom is -0.481 e. The van der Waals surface area contributed by atoms with Crippen LogP contribution in [0.1, 0.15) is 12.0 Å². The molecule has 2 N–H and O–H groups in total. The van der Waals surface area contributed by atoms with E-state index in [2.05, 4.69) is 15.5 Å². The summed E-state index contributed by atoms with van der Waals surface area (Å²) >= 11 is 0.970. The Morgan fingerprint density at radius 1 is 1.19 bits per heavy atom. The van der Waals surface area contributed by atoms with Crippen LogP contribution in [0.2, 0.25) is 0 Å². The van der Waals surface area contributed by atoms with Crippen molar-refractivity contribution in [1.82, 2.24) is 5.32 Å². The zero-order valence-corrected chi connectivity index (χ0v) is 16.7. The third-order valence-electron chi connectivity index (χ3n) is 3.95. The Morgan fingerprint density at radius 3 is 2.53 bits per heavy atom. The first-order valence-corrected chi connectivity index (χ1v) is 9.62. The number of carboxylic acids is 1. The molecular formula is C18H13N5O8S. The van der Waals surface area contributed by atoms with Gasteiger partial charge in [-0.1, -0.05) is 11.8 Å². The van der Waals surface area contributed by atoms with E-state index in [1.807, 2.05) is 0 Å². The SMILES string of the molecule is O=C(O)CC1SC(=NN=Cc2ccc(Oc3ccc([N+](=O)[O-])cc3[N+](=O)[O-])cc2)NC1=O. The quantitative estimate of drug-likeness (QED) is 0.340. The van der Waals surface area contributed by atoms with Gasteiger partial charge in [0.2, 0.25) is 11.7 Å². The summed E-state index contributed by atoms with van der Waals surface area (Å²) in [5.41, 5.74) is -0.377. The standard InChI is InChI=1S/C18H13N5O8S/c24-16(25)8-15-17(26)20-18(32-15)21-19-9-10-1-4-12(5-2-10)31-14-6-3-11(22(27)28)7-13(14)23(29)30/h1-7,9,15H,8H2,(H,24,25)(H,20,21,26). The Balaban J connectivity index is 1.66. The number of ether oxygens (including phenoxy) is 1. The summed E-state index contributed by atoms with van der Waals surface area (Å²) in [7, 11) is 0. The summed E-state index contributed by atoms with van der Waals surface area (Å²) in [5.74, 6) is -1.45. The van der Waals surface area contributed by atoms with Crippen molar-refractivity contribution < 1.29 is 29.3 Å². The fourth-order valence-electron chi connectivity index (χ4n) is 2.49. The van der Waals surface area contributed by atoms with Crippen LogP contribution in [0.3, 0.4) is 0 Å². The third kappa shape index (κ3) is 5.63. The largest absolute Gasteiger partial charge is 0.481 e. The molecule has 13 nitrogen and oxygen atoms in total. The minimum absolute atomic E-state index is 0.154. The molecule has 0 saturated carbocycles. The lowest BCUT2D eigenvalue weighted by Crippen LogP contribution is -2.26. The number of amides is 1. The molecule has 3 rings (SSSR count). The lowest BCUT2D eigenvalue weighted by molar-refractivity contribution is -0.394. The fourth-order valence-corrected chi connectivity index (χ4v) is 3.41. The van der Waals surface area contributed by atoms with Gasteiger partial charge >= 0.3 is 11.7 Å². The van der Waals surface area contributed by atoms with Gasteiger partial charge in [0.05, 0.1) is 28.5 Å². The summed E-state index contributed by atoms with van der Waals surface area (Å²) in [6, 6.07) is 9.25. The van der Waals surface area contributed by atoms with Crippen molar-refractivity contribution in [1.29, 1.82) is 0 Å². The summed E-state index contributed by atoms with van der Waals surface area (Å²) in [6.07, 6.45) is 1.05. The summed E-state index contributed by atoms with van der Waals surface area (Å²) in [5, 5.41) is 40.3. The number of hydrogen-bond donors (Lipinski definition) is 2. The first-order valence-electron chi connectivity index (χ1n) is 8.74. The van der Waals surface area contributed by atoms with E-state index in [9.17, 15) is 29.8 Å². The molecule has 0 bridgehead atoms. The molecule has 2 aromatic rings. The highest BCUT2D eigenvalue weighted by molar-refractivity contribution is 8.15. The number of nitrogens with one attached hydrogen (secondary N) is 1. The second kappa shape index (κ2) is 9.65. The molecule has 32 heavy (non-hydrogen) atoms. The number of carbonyl (C=O) groups is 2.